The van der Waals surface area contributed by atoms with Crippen LogP contribution in [0.2, 0.25) is 0 Å². The highest BCUT2D eigenvalue weighted by Crippen LogP contribution is 2.37. The van der Waals surface area contributed by atoms with Crippen molar-refractivity contribution in [2.75, 3.05) is 17.7 Å². The van der Waals surface area contributed by atoms with Gasteiger partial charge in [0.2, 0.25) is 5.91 Å². The van der Waals surface area contributed by atoms with E-state index in [1.54, 1.807) is 13.3 Å². The molecule has 3 N–H and O–H groups in total. The fraction of sp³-hybridized carbons (Fsp3) is 0.259. The van der Waals surface area contributed by atoms with Crippen molar-refractivity contribution in [2.24, 2.45) is 5.41 Å². The van der Waals surface area contributed by atoms with E-state index in [2.05, 4.69) is 27.5 Å². The summed E-state index contributed by atoms with van der Waals surface area (Å²) in [5, 5.41) is 7.71. The Kier molecular flexibility index (Phi) is 6.09. The number of H-pyrrole nitrogens is 1. The number of carbonyl (C=O) groups is 1. The molecule has 0 aliphatic rings. The van der Waals surface area contributed by atoms with Crippen LogP contribution in [0.4, 0.5) is 11.4 Å². The van der Waals surface area contributed by atoms with Gasteiger partial charge in [0.15, 0.2) is 0 Å². The molecule has 1 amide bonds. The zero-order chi connectivity index (χ0) is 23.6. The third-order valence-electron chi connectivity index (χ3n) is 5.65. The average molecular weight is 443 g/mol. The van der Waals surface area contributed by atoms with E-state index in [4.69, 9.17) is 4.74 Å². The molecule has 6 heteroatoms. The Morgan fingerprint density at radius 1 is 1.06 bits per heavy atom. The molecule has 0 saturated carbocycles. The van der Waals surface area contributed by atoms with Crippen LogP contribution in [0.3, 0.4) is 0 Å². The lowest BCUT2D eigenvalue weighted by molar-refractivity contribution is -0.123. The summed E-state index contributed by atoms with van der Waals surface area (Å²) in [6.45, 7) is 7.77. The van der Waals surface area contributed by atoms with E-state index in [1.165, 1.54) is 0 Å². The van der Waals surface area contributed by atoms with Gasteiger partial charge in [-0.15, -0.1) is 0 Å². The molecule has 2 heterocycles. The SMILES string of the molecule is COc1ccccc1N[C@@H](c1ccccn1)c1c(C)[nH]c2ccc(NC(=O)C(C)(C)C)cc12. The van der Waals surface area contributed by atoms with Crippen molar-refractivity contribution >= 4 is 28.2 Å². The second-order valence-electron chi connectivity index (χ2n) is 9.16. The number of fused-ring (bicyclic) bond motifs is 1. The number of hydrogen-bond acceptors (Lipinski definition) is 4. The number of para-hydroxylation sites is 2. The van der Waals surface area contributed by atoms with E-state index >= 15 is 0 Å². The normalized spacial score (nSPS) is 12.4. The molecule has 2 aromatic heterocycles. The van der Waals surface area contributed by atoms with Crippen LogP contribution in [0, 0.1) is 12.3 Å². The highest BCUT2D eigenvalue weighted by Gasteiger charge is 2.25. The topological polar surface area (TPSA) is 79.0 Å². The summed E-state index contributed by atoms with van der Waals surface area (Å²) in [5.74, 6) is 0.734. The molecule has 6 nitrogen and oxygen atoms in total. The molecule has 0 fully saturated rings. The number of nitrogens with one attached hydrogen (secondary N) is 3. The summed E-state index contributed by atoms with van der Waals surface area (Å²) in [6, 6.07) is 19.5. The van der Waals surface area contributed by atoms with Gasteiger partial charge in [0.1, 0.15) is 5.75 Å². The molecular weight excluding hydrogens is 412 g/mol. The minimum absolute atomic E-state index is 0.0240. The first-order valence-corrected chi connectivity index (χ1v) is 11.0. The summed E-state index contributed by atoms with van der Waals surface area (Å²) in [5.41, 5.74) is 5.15. The zero-order valence-electron chi connectivity index (χ0n) is 19.7. The number of rotatable bonds is 6. The number of pyridine rings is 1. The molecule has 2 aromatic carbocycles. The second kappa shape index (κ2) is 8.98. The van der Waals surface area contributed by atoms with Gasteiger partial charge in [0.05, 0.1) is 24.5 Å². The number of anilines is 2. The minimum atomic E-state index is -0.478. The fourth-order valence-electron chi connectivity index (χ4n) is 3.88. The number of nitrogens with zero attached hydrogens (tertiary/aromatic N) is 1. The lowest BCUT2D eigenvalue weighted by atomic mass is 9.95. The van der Waals surface area contributed by atoms with Crippen molar-refractivity contribution in [1.29, 1.82) is 0 Å². The molecule has 0 unspecified atom stereocenters. The first kappa shape index (κ1) is 22.4. The molecule has 4 rings (SSSR count). The highest BCUT2D eigenvalue weighted by molar-refractivity contribution is 5.97. The molecule has 0 saturated heterocycles. The molecule has 0 aliphatic carbocycles. The van der Waals surface area contributed by atoms with Gasteiger partial charge in [0.25, 0.3) is 0 Å². The summed E-state index contributed by atoms with van der Waals surface area (Å²) >= 11 is 0. The maximum Gasteiger partial charge on any atom is 0.229 e. The van der Waals surface area contributed by atoms with Gasteiger partial charge in [0, 0.05) is 39.5 Å². The van der Waals surface area contributed by atoms with Crippen LogP contribution >= 0.6 is 0 Å². The van der Waals surface area contributed by atoms with E-state index in [0.717, 1.165) is 45.0 Å². The van der Waals surface area contributed by atoms with E-state index < -0.39 is 5.41 Å². The third-order valence-corrected chi connectivity index (χ3v) is 5.65. The van der Waals surface area contributed by atoms with Crippen molar-refractivity contribution in [3.05, 3.63) is 83.8 Å². The van der Waals surface area contributed by atoms with Gasteiger partial charge in [-0.3, -0.25) is 9.78 Å². The summed E-state index contributed by atoms with van der Waals surface area (Å²) in [6.07, 6.45) is 1.80. The van der Waals surface area contributed by atoms with E-state index in [1.807, 2.05) is 81.4 Å². The Bertz CT molecular complexity index is 1270. The number of aryl methyl sites for hydroxylation is 1. The molecule has 0 bridgehead atoms. The lowest BCUT2D eigenvalue weighted by Gasteiger charge is -2.22. The largest absolute Gasteiger partial charge is 0.495 e. The number of aromatic amines is 1. The number of ether oxygens (including phenoxy) is 1. The van der Waals surface area contributed by atoms with Crippen molar-refractivity contribution < 1.29 is 9.53 Å². The molecule has 0 spiro atoms. The van der Waals surface area contributed by atoms with Gasteiger partial charge in [-0.2, -0.15) is 0 Å². The molecule has 33 heavy (non-hydrogen) atoms. The Labute approximate surface area is 194 Å². The molecule has 0 aliphatic heterocycles. The molecule has 170 valence electrons. The predicted octanol–water partition coefficient (Wildman–Crippen LogP) is 6.07. The standard InChI is InChI=1S/C27H30N4O2/c1-17-24(19-16-18(13-14-20(19)29-17)30-26(32)27(2,3)4)25(22-11-8-9-15-28-22)31-21-10-6-7-12-23(21)33-5/h6-16,25,29,31H,1-5H3,(H,30,32)/t25-/m0/s1. The van der Waals surface area contributed by atoms with Gasteiger partial charge in [-0.05, 0) is 49.4 Å². The highest BCUT2D eigenvalue weighted by atomic mass is 16.5. The van der Waals surface area contributed by atoms with Crippen LogP contribution in [0.15, 0.2) is 66.9 Å². The van der Waals surface area contributed by atoms with Gasteiger partial charge >= 0.3 is 0 Å². The Balaban J connectivity index is 1.83. The molecule has 0 radical (unpaired) electrons. The van der Waals surface area contributed by atoms with Crippen LogP contribution in [-0.4, -0.2) is 23.0 Å². The lowest BCUT2D eigenvalue weighted by Crippen LogP contribution is -2.27. The van der Waals surface area contributed by atoms with Crippen LogP contribution in [0.25, 0.3) is 10.9 Å². The third kappa shape index (κ3) is 4.70. The van der Waals surface area contributed by atoms with Crippen LogP contribution in [-0.2, 0) is 4.79 Å². The van der Waals surface area contributed by atoms with Gasteiger partial charge in [-0.25, -0.2) is 0 Å². The first-order valence-electron chi connectivity index (χ1n) is 11.0. The maximum atomic E-state index is 12.6. The summed E-state index contributed by atoms with van der Waals surface area (Å²) < 4.78 is 5.57. The smallest absolute Gasteiger partial charge is 0.229 e. The van der Waals surface area contributed by atoms with Crippen LogP contribution in [0.1, 0.15) is 43.8 Å². The molecule has 4 aromatic rings. The summed E-state index contributed by atoms with van der Waals surface area (Å²) in [7, 11) is 1.66. The van der Waals surface area contributed by atoms with Crippen molar-refractivity contribution in [3.63, 3.8) is 0 Å². The number of amides is 1. The number of methoxy groups -OCH3 is 1. The Morgan fingerprint density at radius 3 is 2.52 bits per heavy atom. The fourth-order valence-corrected chi connectivity index (χ4v) is 3.88. The van der Waals surface area contributed by atoms with Crippen LogP contribution < -0.4 is 15.4 Å². The second-order valence-corrected chi connectivity index (χ2v) is 9.16. The Hall–Kier alpha value is -3.80. The maximum absolute atomic E-state index is 12.6. The Morgan fingerprint density at radius 2 is 1.82 bits per heavy atom. The van der Waals surface area contributed by atoms with Crippen molar-refractivity contribution in [1.82, 2.24) is 9.97 Å². The monoisotopic (exact) mass is 442 g/mol. The predicted molar refractivity (Wildman–Crippen MR) is 134 cm³/mol. The number of benzene rings is 2. The van der Waals surface area contributed by atoms with E-state index in [-0.39, 0.29) is 11.9 Å². The quantitative estimate of drug-likeness (QED) is 0.339. The van der Waals surface area contributed by atoms with E-state index in [9.17, 15) is 4.79 Å². The number of carbonyl (C=O) groups excluding carboxylic acids is 1. The number of hydrogen-bond donors (Lipinski definition) is 3. The summed E-state index contributed by atoms with van der Waals surface area (Å²) in [4.78, 5) is 20.7. The molecule has 1 atom stereocenters. The van der Waals surface area contributed by atoms with Crippen molar-refractivity contribution in [3.8, 4) is 5.75 Å². The van der Waals surface area contributed by atoms with Gasteiger partial charge in [-0.1, -0.05) is 39.0 Å². The van der Waals surface area contributed by atoms with Crippen LogP contribution in [0.5, 0.6) is 5.75 Å². The first-order chi connectivity index (χ1) is 15.8. The number of aromatic nitrogens is 2. The minimum Gasteiger partial charge on any atom is -0.495 e. The zero-order valence-corrected chi connectivity index (χ0v) is 19.7. The van der Waals surface area contributed by atoms with Gasteiger partial charge < -0.3 is 20.4 Å². The van der Waals surface area contributed by atoms with E-state index in [0.29, 0.717) is 0 Å². The molecular formula is C27H30N4O2. The average Bonchev–Trinajstić information content (AvgIpc) is 3.12. The van der Waals surface area contributed by atoms with Crippen molar-refractivity contribution in [2.45, 2.75) is 33.7 Å².